The molecule has 114 valence electrons. The number of hydrogen-bond donors (Lipinski definition) is 1. The van der Waals surface area contributed by atoms with E-state index in [-0.39, 0.29) is 5.91 Å². The predicted molar refractivity (Wildman–Crippen MR) is 83.9 cm³/mol. The molecule has 0 aromatic heterocycles. The van der Waals surface area contributed by atoms with E-state index >= 15 is 0 Å². The minimum Gasteiger partial charge on any atom is -0.340 e. The van der Waals surface area contributed by atoms with Crippen molar-refractivity contribution in [3.63, 3.8) is 0 Å². The quantitative estimate of drug-likeness (QED) is 0.907. The Balaban J connectivity index is 1.53. The van der Waals surface area contributed by atoms with Crippen molar-refractivity contribution in [3.05, 3.63) is 35.9 Å². The maximum absolute atomic E-state index is 12.5. The molecule has 4 heteroatoms. The molecule has 0 spiro atoms. The Labute approximate surface area is 126 Å². The number of nitrogens with two attached hydrogens (primary N) is 1. The van der Waals surface area contributed by atoms with Gasteiger partial charge in [-0.05, 0) is 44.3 Å². The highest BCUT2D eigenvalue weighted by Crippen LogP contribution is 2.21. The van der Waals surface area contributed by atoms with Crippen LogP contribution in [-0.4, -0.2) is 54.0 Å². The van der Waals surface area contributed by atoms with E-state index in [1.54, 1.807) is 0 Å². The van der Waals surface area contributed by atoms with E-state index in [1.165, 1.54) is 25.9 Å². The Morgan fingerprint density at radius 3 is 2.62 bits per heavy atom. The molecule has 2 N–H and O–H groups in total. The van der Waals surface area contributed by atoms with Crippen LogP contribution in [0, 0.1) is 0 Å². The molecule has 0 radical (unpaired) electrons. The van der Waals surface area contributed by atoms with E-state index < -0.39 is 6.04 Å². The van der Waals surface area contributed by atoms with Crippen LogP contribution >= 0.6 is 0 Å². The van der Waals surface area contributed by atoms with E-state index in [4.69, 9.17) is 5.73 Å². The van der Waals surface area contributed by atoms with Crippen LogP contribution in [0.3, 0.4) is 0 Å². The van der Waals surface area contributed by atoms with E-state index in [0.29, 0.717) is 12.5 Å². The lowest BCUT2D eigenvalue weighted by Crippen LogP contribution is -2.45. The summed E-state index contributed by atoms with van der Waals surface area (Å²) >= 11 is 0. The van der Waals surface area contributed by atoms with Crippen LogP contribution in [-0.2, 0) is 11.2 Å². The van der Waals surface area contributed by atoms with E-state index in [2.05, 4.69) is 4.90 Å². The van der Waals surface area contributed by atoms with Crippen molar-refractivity contribution in [2.75, 3.05) is 26.2 Å². The van der Waals surface area contributed by atoms with Gasteiger partial charge in [0.25, 0.3) is 0 Å². The normalized spacial score (nSPS) is 24.4. The fraction of sp³-hybridized carbons (Fsp3) is 0.588. The molecule has 2 aliphatic rings. The third kappa shape index (κ3) is 3.44. The number of amides is 1. The second-order valence-corrected chi connectivity index (χ2v) is 6.27. The lowest BCUT2D eigenvalue weighted by Gasteiger charge is -2.25. The van der Waals surface area contributed by atoms with E-state index in [0.717, 1.165) is 25.1 Å². The number of hydrogen-bond acceptors (Lipinski definition) is 3. The van der Waals surface area contributed by atoms with Gasteiger partial charge >= 0.3 is 0 Å². The first-order valence-corrected chi connectivity index (χ1v) is 8.06. The van der Waals surface area contributed by atoms with Gasteiger partial charge in [0, 0.05) is 19.1 Å². The lowest BCUT2D eigenvalue weighted by atomic mass is 10.1. The monoisotopic (exact) mass is 287 g/mol. The summed E-state index contributed by atoms with van der Waals surface area (Å²) in [5, 5.41) is 0. The molecule has 2 unspecified atom stereocenters. The Morgan fingerprint density at radius 2 is 1.90 bits per heavy atom. The molecular weight excluding hydrogens is 262 g/mol. The molecule has 0 aliphatic carbocycles. The zero-order chi connectivity index (χ0) is 14.7. The van der Waals surface area contributed by atoms with Gasteiger partial charge in [-0.25, -0.2) is 0 Å². The van der Waals surface area contributed by atoms with Crippen molar-refractivity contribution in [1.29, 1.82) is 0 Å². The average Bonchev–Trinajstić information content (AvgIpc) is 3.18. The van der Waals surface area contributed by atoms with Crippen LogP contribution in [0.5, 0.6) is 0 Å². The van der Waals surface area contributed by atoms with Crippen molar-refractivity contribution < 1.29 is 4.79 Å². The van der Waals surface area contributed by atoms with Gasteiger partial charge in [-0.15, -0.1) is 0 Å². The first kappa shape index (κ1) is 14.5. The molecule has 1 aromatic carbocycles. The van der Waals surface area contributed by atoms with Gasteiger partial charge in [0.1, 0.15) is 0 Å². The summed E-state index contributed by atoms with van der Waals surface area (Å²) in [4.78, 5) is 17.0. The molecule has 4 nitrogen and oxygen atoms in total. The second kappa shape index (κ2) is 6.58. The number of carbonyl (C=O) groups is 1. The van der Waals surface area contributed by atoms with Crippen LogP contribution in [0.15, 0.2) is 30.3 Å². The number of nitrogens with zero attached hydrogens (tertiary/aromatic N) is 2. The Hall–Kier alpha value is -1.39. The summed E-state index contributed by atoms with van der Waals surface area (Å²) in [6.45, 7) is 4.12. The fourth-order valence-electron chi connectivity index (χ4n) is 3.54. The van der Waals surface area contributed by atoms with E-state index in [1.807, 2.05) is 35.2 Å². The van der Waals surface area contributed by atoms with Crippen LogP contribution < -0.4 is 5.73 Å². The molecule has 0 saturated carbocycles. The van der Waals surface area contributed by atoms with Gasteiger partial charge in [0.2, 0.25) is 5.91 Å². The number of rotatable bonds is 4. The standard InChI is InChI=1S/C17H25N3O/c18-16(12-14-6-2-1-3-7-14)17(21)20-11-8-15(13-20)19-9-4-5-10-19/h1-3,6-7,15-16H,4-5,8-13,18H2. The van der Waals surface area contributed by atoms with Gasteiger partial charge in [0.15, 0.2) is 0 Å². The van der Waals surface area contributed by atoms with Crippen LogP contribution in [0.2, 0.25) is 0 Å². The van der Waals surface area contributed by atoms with Crippen molar-refractivity contribution in [3.8, 4) is 0 Å². The van der Waals surface area contributed by atoms with Crippen LogP contribution in [0.4, 0.5) is 0 Å². The Morgan fingerprint density at radius 1 is 1.19 bits per heavy atom. The van der Waals surface area contributed by atoms with Crippen LogP contribution in [0.1, 0.15) is 24.8 Å². The summed E-state index contributed by atoms with van der Waals surface area (Å²) in [6, 6.07) is 10.2. The highest BCUT2D eigenvalue weighted by Gasteiger charge is 2.33. The zero-order valence-corrected chi connectivity index (χ0v) is 12.6. The molecule has 21 heavy (non-hydrogen) atoms. The smallest absolute Gasteiger partial charge is 0.239 e. The fourth-order valence-corrected chi connectivity index (χ4v) is 3.54. The molecule has 1 amide bonds. The predicted octanol–water partition coefficient (Wildman–Crippen LogP) is 1.25. The van der Waals surface area contributed by atoms with Crippen LogP contribution in [0.25, 0.3) is 0 Å². The molecule has 3 rings (SSSR count). The van der Waals surface area contributed by atoms with Gasteiger partial charge in [-0.1, -0.05) is 30.3 Å². The van der Waals surface area contributed by atoms with Crippen molar-refractivity contribution in [2.24, 2.45) is 5.73 Å². The largest absolute Gasteiger partial charge is 0.340 e. The lowest BCUT2D eigenvalue weighted by molar-refractivity contribution is -0.131. The average molecular weight is 287 g/mol. The molecule has 2 heterocycles. The minimum absolute atomic E-state index is 0.112. The van der Waals surface area contributed by atoms with E-state index in [9.17, 15) is 4.79 Å². The highest BCUT2D eigenvalue weighted by molar-refractivity contribution is 5.82. The van der Waals surface area contributed by atoms with Gasteiger partial charge in [-0.3, -0.25) is 9.69 Å². The summed E-state index contributed by atoms with van der Waals surface area (Å²) in [5.41, 5.74) is 7.26. The number of carbonyl (C=O) groups excluding carboxylic acids is 1. The third-order valence-corrected chi connectivity index (χ3v) is 4.75. The molecule has 1 aromatic rings. The number of likely N-dealkylation sites (tertiary alicyclic amines) is 2. The van der Waals surface area contributed by atoms with Gasteiger partial charge in [0.05, 0.1) is 6.04 Å². The summed E-state index contributed by atoms with van der Waals surface area (Å²) < 4.78 is 0. The maximum Gasteiger partial charge on any atom is 0.239 e. The molecular formula is C17H25N3O. The van der Waals surface area contributed by atoms with Gasteiger partial charge < -0.3 is 10.6 Å². The molecule has 2 fully saturated rings. The Bertz CT molecular complexity index is 470. The highest BCUT2D eigenvalue weighted by atomic mass is 16.2. The maximum atomic E-state index is 12.5. The summed E-state index contributed by atoms with van der Waals surface area (Å²) in [5.74, 6) is 0.112. The topological polar surface area (TPSA) is 49.6 Å². The molecule has 0 bridgehead atoms. The third-order valence-electron chi connectivity index (χ3n) is 4.75. The molecule has 2 saturated heterocycles. The molecule has 2 aliphatic heterocycles. The van der Waals surface area contributed by atoms with Gasteiger partial charge in [-0.2, -0.15) is 0 Å². The van der Waals surface area contributed by atoms with Crippen molar-refractivity contribution >= 4 is 5.91 Å². The summed E-state index contributed by atoms with van der Waals surface area (Å²) in [6.07, 6.45) is 4.34. The van der Waals surface area contributed by atoms with Crippen molar-refractivity contribution in [2.45, 2.75) is 37.8 Å². The molecule has 2 atom stereocenters. The Kier molecular flexibility index (Phi) is 4.56. The first-order valence-electron chi connectivity index (χ1n) is 8.06. The second-order valence-electron chi connectivity index (χ2n) is 6.27. The first-order chi connectivity index (χ1) is 10.2. The summed E-state index contributed by atoms with van der Waals surface area (Å²) in [7, 11) is 0. The minimum atomic E-state index is -0.412. The number of benzene rings is 1. The van der Waals surface area contributed by atoms with Crippen molar-refractivity contribution in [1.82, 2.24) is 9.80 Å². The zero-order valence-electron chi connectivity index (χ0n) is 12.6. The SMILES string of the molecule is NC(Cc1ccccc1)C(=O)N1CCC(N2CCCC2)C1.